The van der Waals surface area contributed by atoms with Gasteiger partial charge >= 0.3 is 0 Å². The Balaban J connectivity index is 3.72. The SMILES string of the molecule is CNC(CSC(C)C(C)O)C(C)C. The van der Waals surface area contributed by atoms with E-state index in [2.05, 4.69) is 26.1 Å². The maximum absolute atomic E-state index is 9.30. The zero-order chi connectivity index (χ0) is 10.4. The van der Waals surface area contributed by atoms with Gasteiger partial charge in [-0.05, 0) is 19.9 Å². The number of aliphatic hydroxyl groups excluding tert-OH is 1. The Morgan fingerprint density at radius 2 is 1.77 bits per heavy atom. The van der Waals surface area contributed by atoms with Crippen LogP contribution >= 0.6 is 11.8 Å². The van der Waals surface area contributed by atoms with Gasteiger partial charge in [0, 0.05) is 17.0 Å². The Morgan fingerprint density at radius 1 is 1.23 bits per heavy atom. The first-order chi connectivity index (χ1) is 5.99. The topological polar surface area (TPSA) is 32.3 Å². The van der Waals surface area contributed by atoms with Crippen molar-refractivity contribution in [3.8, 4) is 0 Å². The standard InChI is InChI=1S/C10H23NOS/c1-7(2)10(11-5)6-13-9(4)8(3)12/h7-12H,6H2,1-5H3. The largest absolute Gasteiger partial charge is 0.392 e. The van der Waals surface area contributed by atoms with Gasteiger partial charge in [-0.1, -0.05) is 20.8 Å². The Kier molecular flexibility index (Phi) is 6.82. The van der Waals surface area contributed by atoms with Gasteiger partial charge < -0.3 is 10.4 Å². The number of hydrogen-bond acceptors (Lipinski definition) is 3. The van der Waals surface area contributed by atoms with Gasteiger partial charge in [0.25, 0.3) is 0 Å². The van der Waals surface area contributed by atoms with Crippen LogP contribution in [0, 0.1) is 5.92 Å². The third-order valence-electron chi connectivity index (χ3n) is 2.39. The molecule has 3 heteroatoms. The van der Waals surface area contributed by atoms with Crippen LogP contribution in [0.15, 0.2) is 0 Å². The van der Waals surface area contributed by atoms with Crippen molar-refractivity contribution >= 4 is 11.8 Å². The third-order valence-corrected chi connectivity index (χ3v) is 3.86. The highest BCUT2D eigenvalue weighted by atomic mass is 32.2. The molecule has 0 rings (SSSR count). The molecule has 0 aliphatic carbocycles. The van der Waals surface area contributed by atoms with E-state index < -0.39 is 0 Å². The molecule has 0 amide bonds. The summed E-state index contributed by atoms with van der Waals surface area (Å²) in [4.78, 5) is 0. The zero-order valence-electron chi connectivity index (χ0n) is 9.37. The molecule has 0 aromatic heterocycles. The van der Waals surface area contributed by atoms with Gasteiger partial charge in [0.15, 0.2) is 0 Å². The molecule has 0 spiro atoms. The molecule has 3 atom stereocenters. The second kappa shape index (κ2) is 6.68. The maximum Gasteiger partial charge on any atom is 0.0628 e. The molecule has 0 aromatic rings. The summed E-state index contributed by atoms with van der Waals surface area (Å²) in [5, 5.41) is 12.9. The Hall–Kier alpha value is 0.270. The minimum Gasteiger partial charge on any atom is -0.392 e. The molecule has 2 nitrogen and oxygen atoms in total. The lowest BCUT2D eigenvalue weighted by Crippen LogP contribution is -2.34. The predicted molar refractivity (Wildman–Crippen MR) is 61.3 cm³/mol. The van der Waals surface area contributed by atoms with Crippen LogP contribution in [0.1, 0.15) is 27.7 Å². The van der Waals surface area contributed by atoms with Gasteiger partial charge in [0.05, 0.1) is 6.10 Å². The first-order valence-corrected chi connectivity index (χ1v) is 6.00. The summed E-state index contributed by atoms with van der Waals surface area (Å²) >= 11 is 1.83. The van der Waals surface area contributed by atoms with Crippen LogP contribution in [0.5, 0.6) is 0 Å². The van der Waals surface area contributed by atoms with Crippen LogP contribution in [0.25, 0.3) is 0 Å². The monoisotopic (exact) mass is 205 g/mol. The highest BCUT2D eigenvalue weighted by molar-refractivity contribution is 7.99. The van der Waals surface area contributed by atoms with E-state index in [9.17, 15) is 5.11 Å². The molecule has 0 heterocycles. The molecular weight excluding hydrogens is 182 g/mol. The molecule has 0 aromatic carbocycles. The molecule has 0 fully saturated rings. The fraction of sp³-hybridized carbons (Fsp3) is 1.00. The van der Waals surface area contributed by atoms with E-state index in [1.807, 2.05) is 25.7 Å². The minimum absolute atomic E-state index is 0.213. The normalized spacial score (nSPS) is 18.7. The van der Waals surface area contributed by atoms with Gasteiger partial charge in [-0.15, -0.1) is 0 Å². The van der Waals surface area contributed by atoms with E-state index in [1.165, 1.54) is 0 Å². The molecule has 13 heavy (non-hydrogen) atoms. The molecule has 3 unspecified atom stereocenters. The highest BCUT2D eigenvalue weighted by Gasteiger charge is 2.15. The summed E-state index contributed by atoms with van der Waals surface area (Å²) in [7, 11) is 2.00. The average Bonchev–Trinajstić information content (AvgIpc) is 2.04. The van der Waals surface area contributed by atoms with Crippen LogP contribution in [0.3, 0.4) is 0 Å². The van der Waals surface area contributed by atoms with Crippen molar-refractivity contribution < 1.29 is 5.11 Å². The second-order valence-electron chi connectivity index (χ2n) is 3.92. The summed E-state index contributed by atoms with van der Waals surface area (Å²) in [6.07, 6.45) is -0.213. The van der Waals surface area contributed by atoms with E-state index in [0.29, 0.717) is 17.2 Å². The van der Waals surface area contributed by atoms with Gasteiger partial charge in [-0.25, -0.2) is 0 Å². The lowest BCUT2D eigenvalue weighted by molar-refractivity contribution is 0.196. The van der Waals surface area contributed by atoms with Crippen molar-refractivity contribution in [2.24, 2.45) is 5.92 Å². The van der Waals surface area contributed by atoms with E-state index in [-0.39, 0.29) is 6.10 Å². The molecule has 80 valence electrons. The van der Waals surface area contributed by atoms with Crippen molar-refractivity contribution in [2.75, 3.05) is 12.8 Å². The van der Waals surface area contributed by atoms with Crippen molar-refractivity contribution in [1.82, 2.24) is 5.32 Å². The van der Waals surface area contributed by atoms with Gasteiger partial charge in [-0.2, -0.15) is 11.8 Å². The first kappa shape index (κ1) is 13.3. The van der Waals surface area contributed by atoms with Gasteiger partial charge in [0.1, 0.15) is 0 Å². The predicted octanol–water partition coefficient (Wildman–Crippen LogP) is 1.73. The Morgan fingerprint density at radius 3 is 2.08 bits per heavy atom. The van der Waals surface area contributed by atoms with Crippen LogP contribution in [-0.4, -0.2) is 35.3 Å². The third kappa shape index (κ3) is 5.55. The minimum atomic E-state index is -0.213. The molecule has 2 N–H and O–H groups in total. The van der Waals surface area contributed by atoms with Crippen molar-refractivity contribution in [1.29, 1.82) is 0 Å². The van der Waals surface area contributed by atoms with Crippen molar-refractivity contribution in [3.63, 3.8) is 0 Å². The van der Waals surface area contributed by atoms with Crippen molar-refractivity contribution in [2.45, 2.75) is 45.1 Å². The second-order valence-corrected chi connectivity index (χ2v) is 5.33. The fourth-order valence-corrected chi connectivity index (χ4v) is 2.34. The maximum atomic E-state index is 9.30. The molecule has 0 bridgehead atoms. The highest BCUT2D eigenvalue weighted by Crippen LogP contribution is 2.17. The van der Waals surface area contributed by atoms with Crippen LogP contribution in [0.2, 0.25) is 0 Å². The number of rotatable bonds is 6. The fourth-order valence-electron chi connectivity index (χ4n) is 1.00. The zero-order valence-corrected chi connectivity index (χ0v) is 10.2. The summed E-state index contributed by atoms with van der Waals surface area (Å²) in [5.41, 5.74) is 0. The number of aliphatic hydroxyl groups is 1. The number of nitrogens with one attached hydrogen (secondary N) is 1. The Bertz CT molecular complexity index is 128. The van der Waals surface area contributed by atoms with Crippen LogP contribution < -0.4 is 5.32 Å². The summed E-state index contributed by atoms with van der Waals surface area (Å²) in [6.45, 7) is 8.35. The van der Waals surface area contributed by atoms with E-state index in [0.717, 1.165) is 5.75 Å². The van der Waals surface area contributed by atoms with Crippen LogP contribution in [0.4, 0.5) is 0 Å². The molecule has 0 aliphatic heterocycles. The van der Waals surface area contributed by atoms with E-state index >= 15 is 0 Å². The first-order valence-electron chi connectivity index (χ1n) is 4.96. The van der Waals surface area contributed by atoms with Crippen molar-refractivity contribution in [3.05, 3.63) is 0 Å². The lowest BCUT2D eigenvalue weighted by atomic mass is 10.1. The van der Waals surface area contributed by atoms with E-state index in [4.69, 9.17) is 0 Å². The molecular formula is C10H23NOS. The summed E-state index contributed by atoms with van der Waals surface area (Å²) in [5.74, 6) is 1.72. The smallest absolute Gasteiger partial charge is 0.0628 e. The van der Waals surface area contributed by atoms with Gasteiger partial charge in [-0.3, -0.25) is 0 Å². The Labute approximate surface area is 86.5 Å². The molecule has 0 aliphatic rings. The van der Waals surface area contributed by atoms with E-state index in [1.54, 1.807) is 0 Å². The average molecular weight is 205 g/mol. The summed E-state index contributed by atoms with van der Waals surface area (Å²) < 4.78 is 0. The quantitative estimate of drug-likeness (QED) is 0.693. The molecule has 0 radical (unpaired) electrons. The number of hydrogen-bond donors (Lipinski definition) is 2. The van der Waals surface area contributed by atoms with Crippen LogP contribution in [-0.2, 0) is 0 Å². The molecule has 0 saturated heterocycles. The van der Waals surface area contributed by atoms with Gasteiger partial charge in [0.2, 0.25) is 0 Å². The molecule has 0 saturated carbocycles. The number of thioether (sulfide) groups is 1. The summed E-state index contributed by atoms with van der Waals surface area (Å²) in [6, 6.07) is 0.547. The lowest BCUT2D eigenvalue weighted by Gasteiger charge is -2.22.